The molecule has 18 heavy (non-hydrogen) atoms. The van der Waals surface area contributed by atoms with Crippen LogP contribution in [0.15, 0.2) is 22.8 Å². The van der Waals surface area contributed by atoms with Gasteiger partial charge in [0.1, 0.15) is 6.10 Å². The number of fused-ring (bicyclic) bond motifs is 3. The fourth-order valence-corrected chi connectivity index (χ4v) is 3.62. The van der Waals surface area contributed by atoms with Crippen LogP contribution in [0.3, 0.4) is 0 Å². The molecular formula is C15H20O3. The summed E-state index contributed by atoms with van der Waals surface area (Å²) in [6, 6.07) is 0. The van der Waals surface area contributed by atoms with Gasteiger partial charge in [-0.1, -0.05) is 18.6 Å². The Morgan fingerprint density at radius 1 is 1.50 bits per heavy atom. The van der Waals surface area contributed by atoms with E-state index in [-0.39, 0.29) is 23.9 Å². The number of carbonyl (C=O) groups excluding carboxylic acids is 1. The van der Waals surface area contributed by atoms with Crippen molar-refractivity contribution in [1.82, 2.24) is 0 Å². The summed E-state index contributed by atoms with van der Waals surface area (Å²) in [6.07, 6.45) is 4.39. The Labute approximate surface area is 108 Å². The number of carbonyl (C=O) groups is 1. The van der Waals surface area contributed by atoms with E-state index in [0.717, 1.165) is 24.0 Å². The Bertz CT molecular complexity index is 470. The van der Waals surface area contributed by atoms with E-state index in [1.165, 1.54) is 5.57 Å². The fraction of sp³-hybridized carbons (Fsp3) is 0.667. The molecule has 98 valence electrons. The van der Waals surface area contributed by atoms with Gasteiger partial charge in [0.25, 0.3) is 0 Å². The van der Waals surface area contributed by atoms with Gasteiger partial charge < -0.3 is 9.84 Å². The van der Waals surface area contributed by atoms with Crippen LogP contribution in [0.1, 0.15) is 40.0 Å². The van der Waals surface area contributed by atoms with Crippen LogP contribution in [0.25, 0.3) is 0 Å². The van der Waals surface area contributed by atoms with Crippen molar-refractivity contribution in [1.29, 1.82) is 0 Å². The molecule has 1 saturated heterocycles. The minimum absolute atomic E-state index is 0.0500. The van der Waals surface area contributed by atoms with Crippen LogP contribution in [0.4, 0.5) is 0 Å². The Kier molecular flexibility index (Phi) is 2.46. The standard InChI is InChI=1S/C15H20O3/c1-8-4-5-11-12(8)13-10(6-7-15(11,3)17)9(2)14(16)18-13/h5,9-10,13,17H,4,6-7H2,1-3H3/t9?,10-,13-,15-/m0/s1. The summed E-state index contributed by atoms with van der Waals surface area (Å²) in [4.78, 5) is 11.8. The molecule has 0 aromatic rings. The van der Waals surface area contributed by atoms with E-state index in [0.29, 0.717) is 6.42 Å². The molecule has 1 N–H and O–H groups in total. The van der Waals surface area contributed by atoms with Crippen molar-refractivity contribution >= 4 is 5.97 Å². The van der Waals surface area contributed by atoms with E-state index >= 15 is 0 Å². The number of ether oxygens (including phenoxy) is 1. The van der Waals surface area contributed by atoms with E-state index in [4.69, 9.17) is 4.74 Å². The van der Waals surface area contributed by atoms with Crippen LogP contribution in [-0.2, 0) is 9.53 Å². The Morgan fingerprint density at radius 3 is 2.94 bits per heavy atom. The highest BCUT2D eigenvalue weighted by Crippen LogP contribution is 2.49. The first-order valence-electron chi connectivity index (χ1n) is 6.75. The lowest BCUT2D eigenvalue weighted by molar-refractivity contribution is -0.142. The molecule has 0 aromatic heterocycles. The summed E-state index contributed by atoms with van der Waals surface area (Å²) >= 11 is 0. The second-order valence-corrected chi connectivity index (χ2v) is 6.14. The van der Waals surface area contributed by atoms with Gasteiger partial charge in [-0.25, -0.2) is 0 Å². The smallest absolute Gasteiger partial charge is 0.309 e. The number of allylic oxidation sites excluding steroid dienone is 2. The molecule has 0 radical (unpaired) electrons. The second kappa shape index (κ2) is 3.70. The number of aliphatic hydroxyl groups is 1. The van der Waals surface area contributed by atoms with Crippen molar-refractivity contribution in [3.8, 4) is 0 Å². The first-order chi connectivity index (χ1) is 8.42. The molecule has 1 saturated carbocycles. The molecule has 0 aromatic carbocycles. The van der Waals surface area contributed by atoms with E-state index < -0.39 is 5.60 Å². The molecule has 0 spiro atoms. The van der Waals surface area contributed by atoms with Crippen molar-refractivity contribution < 1.29 is 14.6 Å². The molecule has 3 aliphatic rings. The molecule has 3 nitrogen and oxygen atoms in total. The maximum Gasteiger partial charge on any atom is 0.309 e. The Hall–Kier alpha value is -1.09. The molecule has 4 atom stereocenters. The topological polar surface area (TPSA) is 46.5 Å². The van der Waals surface area contributed by atoms with Crippen LogP contribution < -0.4 is 0 Å². The summed E-state index contributed by atoms with van der Waals surface area (Å²) < 4.78 is 5.59. The zero-order chi connectivity index (χ0) is 13.1. The maximum atomic E-state index is 11.8. The fourth-order valence-electron chi connectivity index (χ4n) is 3.62. The first-order valence-corrected chi connectivity index (χ1v) is 6.75. The molecule has 3 rings (SSSR count). The lowest BCUT2D eigenvalue weighted by Gasteiger charge is -2.25. The number of hydrogen-bond acceptors (Lipinski definition) is 3. The summed E-state index contributed by atoms with van der Waals surface area (Å²) in [5.41, 5.74) is 2.56. The summed E-state index contributed by atoms with van der Waals surface area (Å²) in [7, 11) is 0. The molecule has 2 aliphatic carbocycles. The molecule has 3 heteroatoms. The largest absolute Gasteiger partial charge is 0.457 e. The third kappa shape index (κ3) is 1.50. The number of esters is 1. The van der Waals surface area contributed by atoms with Crippen molar-refractivity contribution in [2.24, 2.45) is 11.8 Å². The molecule has 1 heterocycles. The quantitative estimate of drug-likeness (QED) is 0.669. The summed E-state index contributed by atoms with van der Waals surface area (Å²) in [6.45, 7) is 5.90. The van der Waals surface area contributed by atoms with Crippen LogP contribution in [0.2, 0.25) is 0 Å². The number of hydrogen-bond donors (Lipinski definition) is 1. The van der Waals surface area contributed by atoms with E-state index in [9.17, 15) is 9.90 Å². The van der Waals surface area contributed by atoms with Gasteiger partial charge in [0, 0.05) is 5.92 Å². The van der Waals surface area contributed by atoms with Gasteiger partial charge in [0.05, 0.1) is 11.5 Å². The molecule has 1 aliphatic heterocycles. The third-order valence-corrected chi connectivity index (χ3v) is 4.84. The van der Waals surface area contributed by atoms with E-state index in [2.05, 4.69) is 13.0 Å². The van der Waals surface area contributed by atoms with E-state index in [1.807, 2.05) is 13.8 Å². The summed E-state index contributed by atoms with van der Waals surface area (Å²) in [5, 5.41) is 10.6. The van der Waals surface area contributed by atoms with Gasteiger partial charge >= 0.3 is 5.97 Å². The Balaban J connectivity index is 2.08. The molecular weight excluding hydrogens is 228 g/mol. The lowest BCUT2D eigenvalue weighted by atomic mass is 9.85. The highest BCUT2D eigenvalue weighted by atomic mass is 16.6. The van der Waals surface area contributed by atoms with Crippen molar-refractivity contribution in [3.05, 3.63) is 22.8 Å². The van der Waals surface area contributed by atoms with Crippen LogP contribution in [0, 0.1) is 11.8 Å². The van der Waals surface area contributed by atoms with Gasteiger partial charge in [0.2, 0.25) is 0 Å². The van der Waals surface area contributed by atoms with Crippen molar-refractivity contribution in [2.75, 3.05) is 0 Å². The van der Waals surface area contributed by atoms with Gasteiger partial charge in [-0.2, -0.15) is 0 Å². The van der Waals surface area contributed by atoms with Crippen LogP contribution >= 0.6 is 0 Å². The monoisotopic (exact) mass is 248 g/mol. The predicted molar refractivity (Wildman–Crippen MR) is 67.8 cm³/mol. The SMILES string of the molecule is CC1=C2C(=CC1)[C@@](C)(O)CC[C@H]1C(C)C(=O)O[C@H]21. The zero-order valence-electron chi connectivity index (χ0n) is 11.2. The van der Waals surface area contributed by atoms with Crippen LogP contribution in [0.5, 0.6) is 0 Å². The van der Waals surface area contributed by atoms with Gasteiger partial charge in [-0.15, -0.1) is 0 Å². The molecule has 2 fully saturated rings. The Morgan fingerprint density at radius 2 is 2.22 bits per heavy atom. The second-order valence-electron chi connectivity index (χ2n) is 6.14. The lowest BCUT2D eigenvalue weighted by Crippen LogP contribution is -2.27. The zero-order valence-corrected chi connectivity index (χ0v) is 11.2. The average Bonchev–Trinajstić information content (AvgIpc) is 2.76. The highest BCUT2D eigenvalue weighted by Gasteiger charge is 2.50. The highest BCUT2D eigenvalue weighted by molar-refractivity contribution is 5.76. The number of rotatable bonds is 0. The molecule has 0 bridgehead atoms. The molecule has 1 unspecified atom stereocenters. The predicted octanol–water partition coefficient (Wildman–Crippen LogP) is 2.36. The van der Waals surface area contributed by atoms with Gasteiger partial charge in [0.15, 0.2) is 0 Å². The third-order valence-electron chi connectivity index (χ3n) is 4.84. The normalized spacial score (nSPS) is 43.2. The molecule has 0 amide bonds. The van der Waals surface area contributed by atoms with Gasteiger partial charge in [-0.3, -0.25) is 4.79 Å². The van der Waals surface area contributed by atoms with Gasteiger partial charge in [-0.05, 0) is 44.3 Å². The van der Waals surface area contributed by atoms with E-state index in [1.54, 1.807) is 0 Å². The minimum atomic E-state index is -0.774. The first kappa shape index (κ1) is 12.0. The van der Waals surface area contributed by atoms with Crippen molar-refractivity contribution in [2.45, 2.75) is 51.7 Å². The van der Waals surface area contributed by atoms with Crippen molar-refractivity contribution in [3.63, 3.8) is 0 Å². The minimum Gasteiger partial charge on any atom is -0.457 e. The average molecular weight is 248 g/mol. The maximum absolute atomic E-state index is 11.8. The summed E-state index contributed by atoms with van der Waals surface area (Å²) in [5.74, 6) is 0.0852. The van der Waals surface area contributed by atoms with Crippen LogP contribution in [-0.4, -0.2) is 22.8 Å².